The summed E-state index contributed by atoms with van der Waals surface area (Å²) in [6.45, 7) is 11.4. The summed E-state index contributed by atoms with van der Waals surface area (Å²) in [5, 5.41) is 4.03. The van der Waals surface area contributed by atoms with E-state index in [0.29, 0.717) is 5.41 Å². The van der Waals surface area contributed by atoms with E-state index in [1.165, 1.54) is 51.7 Å². The molecule has 3 aliphatic heterocycles. The van der Waals surface area contributed by atoms with Gasteiger partial charge >= 0.3 is 0 Å². The molecule has 2 nitrogen and oxygen atoms in total. The van der Waals surface area contributed by atoms with Crippen LogP contribution in [0.15, 0.2) is 0 Å². The highest BCUT2D eigenvalue weighted by Gasteiger charge is 2.38. The largest absolute Gasteiger partial charge is 0.310 e. The summed E-state index contributed by atoms with van der Waals surface area (Å²) in [6, 6.07) is 1.56. The van der Waals surface area contributed by atoms with Gasteiger partial charge in [-0.25, -0.2) is 0 Å². The number of nitrogens with zero attached hydrogens (tertiary/aromatic N) is 1. The molecule has 0 aromatic carbocycles. The molecule has 4 fully saturated rings. The van der Waals surface area contributed by atoms with Crippen molar-refractivity contribution in [1.29, 1.82) is 0 Å². The Morgan fingerprint density at radius 3 is 2.39 bits per heavy atom. The Balaban J connectivity index is 1.59. The molecule has 18 heavy (non-hydrogen) atoms. The van der Waals surface area contributed by atoms with Crippen molar-refractivity contribution in [3.8, 4) is 0 Å². The van der Waals surface area contributed by atoms with Gasteiger partial charge in [0.25, 0.3) is 0 Å². The van der Waals surface area contributed by atoms with Crippen LogP contribution in [0.4, 0.5) is 0 Å². The molecule has 4 rings (SSSR count). The summed E-state index contributed by atoms with van der Waals surface area (Å²) in [5.41, 5.74) is 0.545. The maximum absolute atomic E-state index is 4.03. The number of rotatable bonds is 2. The van der Waals surface area contributed by atoms with Gasteiger partial charge in [0.2, 0.25) is 0 Å². The van der Waals surface area contributed by atoms with Crippen LogP contribution >= 0.6 is 0 Å². The first-order chi connectivity index (χ1) is 8.52. The minimum atomic E-state index is 0.545. The van der Waals surface area contributed by atoms with Crippen molar-refractivity contribution >= 4 is 0 Å². The number of hydrogen-bond donors (Lipinski definition) is 1. The molecular weight excluding hydrogens is 220 g/mol. The fourth-order valence-electron chi connectivity index (χ4n) is 4.93. The molecule has 0 spiro atoms. The van der Waals surface area contributed by atoms with Crippen LogP contribution < -0.4 is 5.32 Å². The SMILES string of the molecule is CC1CC(NC2CN3CCC2CC3)CC(C)(C)C1. The van der Waals surface area contributed by atoms with E-state index in [2.05, 4.69) is 31.0 Å². The highest BCUT2D eigenvalue weighted by atomic mass is 15.2. The van der Waals surface area contributed by atoms with Gasteiger partial charge in [0.1, 0.15) is 0 Å². The second kappa shape index (κ2) is 4.79. The Morgan fingerprint density at radius 2 is 1.83 bits per heavy atom. The van der Waals surface area contributed by atoms with Crippen LogP contribution in [0.25, 0.3) is 0 Å². The summed E-state index contributed by atoms with van der Waals surface area (Å²) in [7, 11) is 0. The van der Waals surface area contributed by atoms with E-state index in [-0.39, 0.29) is 0 Å². The molecule has 0 aromatic heterocycles. The molecule has 0 amide bonds. The Kier molecular flexibility index (Phi) is 3.44. The first-order valence-electron chi connectivity index (χ1n) is 8.00. The van der Waals surface area contributed by atoms with Gasteiger partial charge in [-0.05, 0) is 62.4 Å². The Morgan fingerprint density at radius 1 is 1.11 bits per heavy atom. The third-order valence-corrected chi connectivity index (χ3v) is 5.49. The maximum atomic E-state index is 4.03. The molecule has 4 aliphatic rings. The van der Waals surface area contributed by atoms with Crippen LogP contribution in [-0.2, 0) is 0 Å². The molecule has 1 N–H and O–H groups in total. The van der Waals surface area contributed by atoms with Gasteiger partial charge in [-0.2, -0.15) is 0 Å². The zero-order chi connectivity index (χ0) is 12.8. The lowest BCUT2D eigenvalue weighted by Gasteiger charge is -2.48. The summed E-state index contributed by atoms with van der Waals surface area (Å²) in [5.74, 6) is 1.86. The minimum absolute atomic E-state index is 0.545. The van der Waals surface area contributed by atoms with Crippen molar-refractivity contribution in [3.05, 3.63) is 0 Å². The van der Waals surface area contributed by atoms with Gasteiger partial charge < -0.3 is 10.2 Å². The summed E-state index contributed by atoms with van der Waals surface area (Å²) < 4.78 is 0. The molecule has 3 atom stereocenters. The summed E-state index contributed by atoms with van der Waals surface area (Å²) >= 11 is 0. The average Bonchev–Trinajstić information content (AvgIpc) is 2.27. The predicted octanol–water partition coefficient (Wildman–Crippen LogP) is 2.89. The zero-order valence-corrected chi connectivity index (χ0v) is 12.4. The fraction of sp³-hybridized carbons (Fsp3) is 1.00. The minimum Gasteiger partial charge on any atom is -0.310 e. The quantitative estimate of drug-likeness (QED) is 0.811. The van der Waals surface area contributed by atoms with Crippen LogP contribution in [-0.4, -0.2) is 36.6 Å². The number of fused-ring (bicyclic) bond motifs is 3. The Bertz CT molecular complexity index is 291. The van der Waals surface area contributed by atoms with Crippen LogP contribution in [0, 0.1) is 17.3 Å². The van der Waals surface area contributed by atoms with Crippen molar-refractivity contribution in [1.82, 2.24) is 10.2 Å². The van der Waals surface area contributed by atoms with E-state index in [1.807, 2.05) is 0 Å². The molecule has 2 bridgehead atoms. The van der Waals surface area contributed by atoms with E-state index in [4.69, 9.17) is 0 Å². The van der Waals surface area contributed by atoms with Gasteiger partial charge in [-0.3, -0.25) is 0 Å². The zero-order valence-electron chi connectivity index (χ0n) is 12.4. The van der Waals surface area contributed by atoms with Gasteiger partial charge in [-0.1, -0.05) is 20.8 Å². The van der Waals surface area contributed by atoms with Crippen molar-refractivity contribution in [2.24, 2.45) is 17.3 Å². The van der Waals surface area contributed by atoms with E-state index >= 15 is 0 Å². The van der Waals surface area contributed by atoms with Gasteiger partial charge in [0, 0.05) is 18.6 Å². The third-order valence-electron chi connectivity index (χ3n) is 5.49. The van der Waals surface area contributed by atoms with Crippen molar-refractivity contribution in [3.63, 3.8) is 0 Å². The molecular formula is C16H30N2. The summed E-state index contributed by atoms with van der Waals surface area (Å²) in [6.07, 6.45) is 7.05. The molecule has 1 aliphatic carbocycles. The lowest BCUT2D eigenvalue weighted by molar-refractivity contribution is 0.0521. The molecule has 0 radical (unpaired) electrons. The average molecular weight is 250 g/mol. The lowest BCUT2D eigenvalue weighted by atomic mass is 9.70. The van der Waals surface area contributed by atoms with Gasteiger partial charge in [0.15, 0.2) is 0 Å². The highest BCUT2D eigenvalue weighted by molar-refractivity contribution is 4.95. The fourth-order valence-corrected chi connectivity index (χ4v) is 4.93. The molecule has 2 heteroatoms. The van der Waals surface area contributed by atoms with Gasteiger partial charge in [0.05, 0.1) is 0 Å². The van der Waals surface area contributed by atoms with E-state index < -0.39 is 0 Å². The second-order valence-corrected chi connectivity index (χ2v) is 8.02. The van der Waals surface area contributed by atoms with Crippen LogP contribution in [0.5, 0.6) is 0 Å². The van der Waals surface area contributed by atoms with Gasteiger partial charge in [-0.15, -0.1) is 0 Å². The maximum Gasteiger partial charge on any atom is 0.0226 e. The number of nitrogens with one attached hydrogen (secondary N) is 1. The number of piperidine rings is 3. The van der Waals surface area contributed by atoms with E-state index in [0.717, 1.165) is 23.9 Å². The molecule has 0 aromatic rings. The Labute approximate surface area is 113 Å². The molecule has 3 saturated heterocycles. The first kappa shape index (κ1) is 12.9. The third kappa shape index (κ3) is 2.75. The van der Waals surface area contributed by atoms with Crippen LogP contribution in [0.1, 0.15) is 52.9 Å². The number of hydrogen-bond acceptors (Lipinski definition) is 2. The highest BCUT2D eigenvalue weighted by Crippen LogP contribution is 2.39. The molecule has 3 unspecified atom stereocenters. The lowest BCUT2D eigenvalue weighted by Crippen LogP contribution is -2.59. The van der Waals surface area contributed by atoms with Crippen molar-refractivity contribution in [2.75, 3.05) is 19.6 Å². The molecule has 3 heterocycles. The second-order valence-electron chi connectivity index (χ2n) is 8.02. The monoisotopic (exact) mass is 250 g/mol. The normalized spacial score (nSPS) is 47.2. The predicted molar refractivity (Wildman–Crippen MR) is 76.7 cm³/mol. The van der Waals surface area contributed by atoms with E-state index in [9.17, 15) is 0 Å². The standard InChI is InChI=1S/C16H30N2/c1-12-8-14(10-16(2,3)9-12)17-15-11-18-6-4-13(15)5-7-18/h12-15,17H,4-11H2,1-3H3. The topological polar surface area (TPSA) is 15.3 Å². The Hall–Kier alpha value is -0.0800. The first-order valence-corrected chi connectivity index (χ1v) is 8.00. The smallest absolute Gasteiger partial charge is 0.0226 e. The molecule has 104 valence electrons. The van der Waals surface area contributed by atoms with Crippen molar-refractivity contribution < 1.29 is 0 Å². The van der Waals surface area contributed by atoms with Crippen LogP contribution in [0.3, 0.4) is 0 Å². The van der Waals surface area contributed by atoms with Crippen molar-refractivity contribution in [2.45, 2.75) is 65.0 Å². The summed E-state index contributed by atoms with van der Waals surface area (Å²) in [4.78, 5) is 2.66. The van der Waals surface area contributed by atoms with Crippen LogP contribution in [0.2, 0.25) is 0 Å². The van der Waals surface area contributed by atoms with E-state index in [1.54, 1.807) is 0 Å². The molecule has 1 saturated carbocycles.